The summed E-state index contributed by atoms with van der Waals surface area (Å²) in [6.45, 7) is 20.3. The lowest BCUT2D eigenvalue weighted by molar-refractivity contribution is -0.192. The molecule has 7 heteroatoms. The summed E-state index contributed by atoms with van der Waals surface area (Å²) in [6.07, 6.45) is 17.6. The highest BCUT2D eigenvalue weighted by Gasteiger charge is 2.63. The molecule has 3 aliphatic rings. The minimum atomic E-state index is 0.127. The number of rotatable bonds is 22. The number of fused-ring (bicyclic) bond motifs is 1. The van der Waals surface area contributed by atoms with Crippen LogP contribution in [0.3, 0.4) is 0 Å². The van der Waals surface area contributed by atoms with E-state index in [0.29, 0.717) is 55.3 Å². The molecule has 0 heterocycles. The molecule has 0 aromatic rings. The normalized spacial score (nSPS) is 34.3. The summed E-state index contributed by atoms with van der Waals surface area (Å²) in [7, 11) is 0. The smallest absolute Gasteiger partial charge is 0.0649 e. The topological polar surface area (TPSA) is 115 Å². The Hall–Kier alpha value is -0.540. The van der Waals surface area contributed by atoms with Gasteiger partial charge in [0.05, 0.1) is 24.9 Å². The average molecular weight is 650 g/mol. The predicted molar refractivity (Wildman–Crippen MR) is 192 cm³/mol. The van der Waals surface area contributed by atoms with E-state index in [4.69, 9.17) is 36.1 Å². The van der Waals surface area contributed by atoms with E-state index in [0.717, 1.165) is 84.4 Å². The van der Waals surface area contributed by atoms with Gasteiger partial charge in [0, 0.05) is 31.8 Å². The lowest BCUT2D eigenvalue weighted by Gasteiger charge is -2.60. The molecular weight excluding hydrogens is 574 g/mol. The molecule has 0 radical (unpaired) electrons. The molecule has 3 fully saturated rings. The lowest BCUT2D eigenvalue weighted by Crippen LogP contribution is -2.59. The third kappa shape index (κ3) is 10.5. The molecule has 0 spiro atoms. The molecule has 0 aliphatic heterocycles. The van der Waals surface area contributed by atoms with E-state index in [1.165, 1.54) is 37.7 Å². The lowest BCUT2D eigenvalue weighted by atomic mass is 9.48. The van der Waals surface area contributed by atoms with Gasteiger partial charge < -0.3 is 36.1 Å². The van der Waals surface area contributed by atoms with Crippen LogP contribution in [0.2, 0.25) is 0 Å². The quantitative estimate of drug-likeness (QED) is 0.0836. The minimum Gasteiger partial charge on any atom is -0.378 e. The van der Waals surface area contributed by atoms with Crippen LogP contribution in [-0.2, 0) is 18.9 Å². The maximum Gasteiger partial charge on any atom is 0.0649 e. The first kappa shape index (κ1) is 39.9. The molecule has 3 saturated carbocycles. The van der Waals surface area contributed by atoms with Crippen molar-refractivity contribution in [1.29, 1.82) is 0 Å². The largest absolute Gasteiger partial charge is 0.378 e. The second-order valence-corrected chi connectivity index (χ2v) is 15.9. The maximum atomic E-state index is 7.01. The van der Waals surface area contributed by atoms with Crippen molar-refractivity contribution in [1.82, 2.24) is 0 Å². The molecule has 3 aliphatic carbocycles. The van der Waals surface area contributed by atoms with Crippen LogP contribution in [0.1, 0.15) is 125 Å². The van der Waals surface area contributed by atoms with Gasteiger partial charge >= 0.3 is 0 Å². The molecule has 3 rings (SSSR count). The van der Waals surface area contributed by atoms with Crippen molar-refractivity contribution in [3.8, 4) is 0 Å². The van der Waals surface area contributed by atoms with Gasteiger partial charge in [-0.05, 0) is 152 Å². The molecule has 7 nitrogen and oxygen atoms in total. The standard InChI is InChI=1S/C39H75N3O4/c1-7-35(45-25-10-21-41)37-33-14-13-32(30(4)12-8-23-43-27-17-29(2)3)39(33,6)36(46-26-11-22-42)28-34(37)38(5)18-15-31(16-19-38)44-24-9-20-40/h17,30-37H,7-16,18-28,40-42H2,1-6H3/t30-,31?,32-,33+,34+,35-,36+,37?,38?,39-/m1/s1. The minimum absolute atomic E-state index is 0.127. The summed E-state index contributed by atoms with van der Waals surface area (Å²) in [5.41, 5.74) is 19.4. The fourth-order valence-electron chi connectivity index (χ4n) is 9.94. The summed E-state index contributed by atoms with van der Waals surface area (Å²) < 4.78 is 26.1. The van der Waals surface area contributed by atoms with Crippen LogP contribution in [0.25, 0.3) is 0 Å². The van der Waals surface area contributed by atoms with Gasteiger partial charge in [-0.3, -0.25) is 0 Å². The number of nitrogens with two attached hydrogens (primary N) is 3. The second kappa shape index (κ2) is 20.2. The van der Waals surface area contributed by atoms with Gasteiger partial charge in [-0.2, -0.15) is 0 Å². The van der Waals surface area contributed by atoms with E-state index in [9.17, 15) is 0 Å². The van der Waals surface area contributed by atoms with E-state index in [-0.39, 0.29) is 23.0 Å². The van der Waals surface area contributed by atoms with Crippen molar-refractivity contribution in [2.24, 2.45) is 57.6 Å². The first-order chi connectivity index (χ1) is 22.2. The summed E-state index contributed by atoms with van der Waals surface area (Å²) >= 11 is 0. The zero-order valence-corrected chi connectivity index (χ0v) is 30.9. The Labute approximate surface area is 283 Å². The van der Waals surface area contributed by atoms with Crippen LogP contribution < -0.4 is 17.2 Å². The van der Waals surface area contributed by atoms with Crippen LogP contribution in [0.5, 0.6) is 0 Å². The Morgan fingerprint density at radius 3 is 2.11 bits per heavy atom. The molecule has 0 aromatic carbocycles. The Morgan fingerprint density at radius 1 is 0.826 bits per heavy atom. The van der Waals surface area contributed by atoms with Crippen LogP contribution >= 0.6 is 0 Å². The molecule has 270 valence electrons. The summed E-state index contributed by atoms with van der Waals surface area (Å²) in [5.74, 6) is 2.97. The van der Waals surface area contributed by atoms with Gasteiger partial charge in [-0.25, -0.2) is 0 Å². The predicted octanol–water partition coefficient (Wildman–Crippen LogP) is 7.25. The first-order valence-corrected chi connectivity index (χ1v) is 19.3. The first-order valence-electron chi connectivity index (χ1n) is 19.3. The van der Waals surface area contributed by atoms with Gasteiger partial charge in [-0.15, -0.1) is 0 Å². The molecule has 8 atom stereocenters. The Kier molecular flexibility index (Phi) is 17.5. The van der Waals surface area contributed by atoms with E-state index >= 15 is 0 Å². The van der Waals surface area contributed by atoms with Crippen molar-refractivity contribution in [3.63, 3.8) is 0 Å². The third-order valence-electron chi connectivity index (χ3n) is 12.6. The van der Waals surface area contributed by atoms with Gasteiger partial charge in [0.15, 0.2) is 0 Å². The third-order valence-corrected chi connectivity index (χ3v) is 12.6. The fourth-order valence-corrected chi connectivity index (χ4v) is 9.94. The van der Waals surface area contributed by atoms with Crippen LogP contribution in [0, 0.1) is 40.4 Å². The van der Waals surface area contributed by atoms with E-state index in [2.05, 4.69) is 47.6 Å². The Morgan fingerprint density at radius 2 is 1.48 bits per heavy atom. The van der Waals surface area contributed by atoms with Crippen molar-refractivity contribution in [2.75, 3.05) is 52.7 Å². The van der Waals surface area contributed by atoms with Gasteiger partial charge in [-0.1, -0.05) is 39.3 Å². The van der Waals surface area contributed by atoms with Gasteiger partial charge in [0.2, 0.25) is 0 Å². The van der Waals surface area contributed by atoms with Crippen LogP contribution in [0.15, 0.2) is 11.6 Å². The van der Waals surface area contributed by atoms with E-state index in [1.54, 1.807) is 0 Å². The molecular formula is C39H75N3O4. The average Bonchev–Trinajstić information content (AvgIpc) is 3.40. The number of hydrogen-bond donors (Lipinski definition) is 3. The summed E-state index contributed by atoms with van der Waals surface area (Å²) in [5, 5.41) is 0. The van der Waals surface area contributed by atoms with Gasteiger partial charge in [0.25, 0.3) is 0 Å². The fraction of sp³-hybridized carbons (Fsp3) is 0.949. The van der Waals surface area contributed by atoms with Crippen LogP contribution in [-0.4, -0.2) is 71.0 Å². The highest BCUT2D eigenvalue weighted by molar-refractivity contribution is 5.12. The molecule has 0 bridgehead atoms. The summed E-state index contributed by atoms with van der Waals surface area (Å²) in [6, 6.07) is 0. The van der Waals surface area contributed by atoms with E-state index in [1.807, 2.05) is 0 Å². The maximum absolute atomic E-state index is 7.01. The van der Waals surface area contributed by atoms with Crippen molar-refractivity contribution in [3.05, 3.63) is 11.6 Å². The molecule has 0 aromatic heterocycles. The molecule has 0 saturated heterocycles. The molecule has 6 N–H and O–H groups in total. The van der Waals surface area contributed by atoms with Crippen molar-refractivity contribution in [2.45, 2.75) is 143 Å². The zero-order chi connectivity index (χ0) is 33.6. The zero-order valence-electron chi connectivity index (χ0n) is 30.9. The van der Waals surface area contributed by atoms with Crippen molar-refractivity contribution < 1.29 is 18.9 Å². The number of ether oxygens (including phenoxy) is 4. The molecule has 46 heavy (non-hydrogen) atoms. The Balaban J connectivity index is 1.87. The highest BCUT2D eigenvalue weighted by Crippen LogP contribution is 2.66. The SMILES string of the molecule is CC[C@@H](OCCCN)C1[C@@H](C2(C)CCC(OCCCN)CC2)C[C@H](OCCCN)[C@]2(C)[C@@H]([C@H](C)CCCOCC=C(C)C)CC[C@@H]12. The van der Waals surface area contributed by atoms with E-state index < -0.39 is 0 Å². The molecule has 1 unspecified atom stereocenters. The van der Waals surface area contributed by atoms with Gasteiger partial charge in [0.1, 0.15) is 0 Å². The monoisotopic (exact) mass is 650 g/mol. The number of hydrogen-bond acceptors (Lipinski definition) is 7. The molecule has 0 amide bonds. The van der Waals surface area contributed by atoms with Crippen LogP contribution in [0.4, 0.5) is 0 Å². The van der Waals surface area contributed by atoms with Crippen molar-refractivity contribution >= 4 is 0 Å². The number of allylic oxidation sites excluding steroid dienone is 1. The summed E-state index contributed by atoms with van der Waals surface area (Å²) in [4.78, 5) is 0. The highest BCUT2D eigenvalue weighted by atomic mass is 16.5. The Bertz CT molecular complexity index is 858. The second-order valence-electron chi connectivity index (χ2n) is 15.9.